The van der Waals surface area contributed by atoms with Crippen LogP contribution in [-0.4, -0.2) is 27.2 Å². The third-order valence-corrected chi connectivity index (χ3v) is 5.22. The summed E-state index contributed by atoms with van der Waals surface area (Å²) in [5.74, 6) is 0. The zero-order chi connectivity index (χ0) is 14.8. The van der Waals surface area contributed by atoms with Gasteiger partial charge in [0.25, 0.3) is 0 Å². The first-order chi connectivity index (χ1) is 10.2. The molecule has 0 atom stereocenters. The van der Waals surface area contributed by atoms with Gasteiger partial charge in [-0.15, -0.1) is 11.3 Å². The van der Waals surface area contributed by atoms with E-state index in [-0.39, 0.29) is 0 Å². The van der Waals surface area contributed by atoms with Gasteiger partial charge in [0.1, 0.15) is 0 Å². The molecular formula is C17H23N3S. The first-order valence-electron chi connectivity index (χ1n) is 7.47. The van der Waals surface area contributed by atoms with Gasteiger partial charge in [-0.3, -0.25) is 0 Å². The minimum atomic E-state index is 0.963. The van der Waals surface area contributed by atoms with Gasteiger partial charge in [-0.05, 0) is 37.7 Å². The van der Waals surface area contributed by atoms with Crippen LogP contribution in [0.3, 0.4) is 0 Å². The summed E-state index contributed by atoms with van der Waals surface area (Å²) in [6.07, 6.45) is 0. The molecule has 0 spiro atoms. The Labute approximate surface area is 131 Å². The van der Waals surface area contributed by atoms with E-state index in [1.165, 1.54) is 26.7 Å². The van der Waals surface area contributed by atoms with E-state index in [0.29, 0.717) is 0 Å². The van der Waals surface area contributed by atoms with Gasteiger partial charge in [0, 0.05) is 43.0 Å². The second-order valence-corrected chi connectivity index (χ2v) is 7.00. The zero-order valence-electron chi connectivity index (χ0n) is 13.0. The molecule has 1 aliphatic rings. The normalized spacial score (nSPS) is 14.4. The Morgan fingerprint density at radius 1 is 1.19 bits per heavy atom. The van der Waals surface area contributed by atoms with E-state index >= 15 is 0 Å². The van der Waals surface area contributed by atoms with Crippen LogP contribution in [0, 0.1) is 6.92 Å². The standard InChI is InChI=1S/C17H23N3S/c1-13-14(10-15(21-13)11-18-2)12-20-9-8-19(3)16-6-4-5-7-17(16)20/h4-7,10,18H,8-9,11-12H2,1-3H3. The van der Waals surface area contributed by atoms with Crippen molar-refractivity contribution in [3.8, 4) is 0 Å². The minimum absolute atomic E-state index is 0.963. The number of nitrogens with one attached hydrogen (secondary N) is 1. The molecule has 1 aliphatic heterocycles. The Kier molecular flexibility index (Phi) is 4.17. The van der Waals surface area contributed by atoms with E-state index in [0.717, 1.165) is 26.2 Å². The van der Waals surface area contributed by atoms with Gasteiger partial charge < -0.3 is 15.1 Å². The Balaban J connectivity index is 1.84. The van der Waals surface area contributed by atoms with E-state index in [9.17, 15) is 0 Å². The highest BCUT2D eigenvalue weighted by Crippen LogP contribution is 2.34. The van der Waals surface area contributed by atoms with Crippen molar-refractivity contribution in [1.82, 2.24) is 5.32 Å². The molecule has 2 heterocycles. The molecule has 0 saturated carbocycles. The summed E-state index contributed by atoms with van der Waals surface area (Å²) in [6.45, 7) is 6.39. The Hall–Kier alpha value is -1.52. The molecule has 112 valence electrons. The predicted molar refractivity (Wildman–Crippen MR) is 92.6 cm³/mol. The monoisotopic (exact) mass is 301 g/mol. The minimum Gasteiger partial charge on any atom is -0.371 e. The van der Waals surface area contributed by atoms with Crippen molar-refractivity contribution in [3.05, 3.63) is 45.6 Å². The maximum Gasteiger partial charge on any atom is 0.0607 e. The van der Waals surface area contributed by atoms with Gasteiger partial charge in [-0.2, -0.15) is 0 Å². The third kappa shape index (κ3) is 2.92. The fourth-order valence-electron chi connectivity index (χ4n) is 2.94. The van der Waals surface area contributed by atoms with Crippen LogP contribution < -0.4 is 15.1 Å². The number of hydrogen-bond donors (Lipinski definition) is 1. The summed E-state index contributed by atoms with van der Waals surface area (Å²) in [6, 6.07) is 11.1. The van der Waals surface area contributed by atoms with Crippen molar-refractivity contribution in [2.24, 2.45) is 0 Å². The lowest BCUT2D eigenvalue weighted by atomic mass is 10.1. The molecule has 2 aromatic rings. The molecule has 0 unspecified atom stereocenters. The quantitative estimate of drug-likeness (QED) is 0.935. The van der Waals surface area contributed by atoms with Gasteiger partial charge in [0.15, 0.2) is 0 Å². The zero-order valence-corrected chi connectivity index (χ0v) is 13.8. The lowest BCUT2D eigenvalue weighted by Crippen LogP contribution is -2.38. The molecule has 1 aromatic carbocycles. The van der Waals surface area contributed by atoms with Crippen LogP contribution in [0.4, 0.5) is 11.4 Å². The van der Waals surface area contributed by atoms with Crippen molar-refractivity contribution in [2.45, 2.75) is 20.0 Å². The maximum absolute atomic E-state index is 3.24. The van der Waals surface area contributed by atoms with Gasteiger partial charge in [-0.25, -0.2) is 0 Å². The highest BCUT2D eigenvalue weighted by Gasteiger charge is 2.20. The summed E-state index contributed by atoms with van der Waals surface area (Å²) in [5.41, 5.74) is 4.16. The van der Waals surface area contributed by atoms with Crippen LogP contribution in [0.5, 0.6) is 0 Å². The van der Waals surface area contributed by atoms with Crippen molar-refractivity contribution in [1.29, 1.82) is 0 Å². The number of likely N-dealkylation sites (N-methyl/N-ethyl adjacent to an activating group) is 1. The summed E-state index contributed by atoms with van der Waals surface area (Å²) in [7, 11) is 4.18. The first kappa shape index (κ1) is 14.4. The molecule has 0 bridgehead atoms. The van der Waals surface area contributed by atoms with Gasteiger partial charge in [0.2, 0.25) is 0 Å². The Morgan fingerprint density at radius 3 is 2.71 bits per heavy atom. The van der Waals surface area contributed by atoms with Crippen LogP contribution in [0.1, 0.15) is 15.3 Å². The second-order valence-electron chi connectivity index (χ2n) is 5.66. The molecular weight excluding hydrogens is 278 g/mol. The fourth-order valence-corrected chi connectivity index (χ4v) is 4.01. The average Bonchev–Trinajstić information content (AvgIpc) is 2.83. The van der Waals surface area contributed by atoms with Crippen molar-refractivity contribution >= 4 is 22.7 Å². The molecule has 21 heavy (non-hydrogen) atoms. The summed E-state index contributed by atoms with van der Waals surface area (Å²) in [5, 5.41) is 3.24. The summed E-state index contributed by atoms with van der Waals surface area (Å²) >= 11 is 1.91. The molecule has 3 nitrogen and oxygen atoms in total. The molecule has 0 fully saturated rings. The van der Waals surface area contributed by atoms with Crippen LogP contribution in [0.2, 0.25) is 0 Å². The fraction of sp³-hybridized carbons (Fsp3) is 0.412. The number of aryl methyl sites for hydroxylation is 1. The molecule has 1 aromatic heterocycles. The number of hydrogen-bond acceptors (Lipinski definition) is 4. The first-order valence-corrected chi connectivity index (χ1v) is 8.28. The van der Waals surface area contributed by atoms with E-state index in [1.54, 1.807) is 0 Å². The molecule has 4 heteroatoms. The molecule has 3 rings (SSSR count). The number of rotatable bonds is 4. The van der Waals surface area contributed by atoms with Crippen LogP contribution in [0.25, 0.3) is 0 Å². The lowest BCUT2D eigenvalue weighted by Gasteiger charge is -2.37. The van der Waals surface area contributed by atoms with Gasteiger partial charge in [-0.1, -0.05) is 12.1 Å². The lowest BCUT2D eigenvalue weighted by molar-refractivity contribution is 0.733. The molecule has 0 aliphatic carbocycles. The maximum atomic E-state index is 3.24. The summed E-state index contributed by atoms with van der Waals surface area (Å²) in [4.78, 5) is 7.72. The highest BCUT2D eigenvalue weighted by atomic mass is 32.1. The van der Waals surface area contributed by atoms with E-state index < -0.39 is 0 Å². The Morgan fingerprint density at radius 2 is 1.95 bits per heavy atom. The number of para-hydroxylation sites is 2. The van der Waals surface area contributed by atoms with Gasteiger partial charge in [0.05, 0.1) is 11.4 Å². The molecule has 1 N–H and O–H groups in total. The largest absolute Gasteiger partial charge is 0.371 e. The molecule has 0 amide bonds. The topological polar surface area (TPSA) is 18.5 Å². The average molecular weight is 301 g/mol. The number of benzene rings is 1. The number of nitrogens with zero attached hydrogens (tertiary/aromatic N) is 2. The smallest absolute Gasteiger partial charge is 0.0607 e. The number of anilines is 2. The van der Waals surface area contributed by atoms with E-state index in [1.807, 2.05) is 18.4 Å². The molecule has 0 saturated heterocycles. The van der Waals surface area contributed by atoms with Crippen LogP contribution in [-0.2, 0) is 13.1 Å². The van der Waals surface area contributed by atoms with Crippen molar-refractivity contribution in [3.63, 3.8) is 0 Å². The number of thiophene rings is 1. The van der Waals surface area contributed by atoms with E-state index in [4.69, 9.17) is 0 Å². The third-order valence-electron chi connectivity index (χ3n) is 4.12. The molecule has 0 radical (unpaired) electrons. The number of fused-ring (bicyclic) bond motifs is 1. The predicted octanol–water partition coefficient (Wildman–Crippen LogP) is 3.23. The van der Waals surface area contributed by atoms with Crippen molar-refractivity contribution in [2.75, 3.05) is 37.0 Å². The summed E-state index contributed by atoms with van der Waals surface area (Å²) < 4.78 is 0. The van der Waals surface area contributed by atoms with Crippen molar-refractivity contribution < 1.29 is 0 Å². The van der Waals surface area contributed by atoms with Crippen LogP contribution in [0.15, 0.2) is 30.3 Å². The van der Waals surface area contributed by atoms with Crippen LogP contribution >= 0.6 is 11.3 Å². The Bertz CT molecular complexity index is 620. The SMILES string of the molecule is CNCc1cc(CN2CCN(C)c3ccccc32)c(C)s1. The van der Waals surface area contributed by atoms with Gasteiger partial charge >= 0.3 is 0 Å². The van der Waals surface area contributed by atoms with E-state index in [2.05, 4.69) is 59.4 Å². The second kappa shape index (κ2) is 6.08. The highest BCUT2D eigenvalue weighted by molar-refractivity contribution is 7.12.